The first-order valence-corrected chi connectivity index (χ1v) is 7.93. The Kier molecular flexibility index (Phi) is 6.02. The Balaban J connectivity index is 1.92. The molecule has 2 rings (SSSR count). The second kappa shape index (κ2) is 8.23. The predicted octanol–water partition coefficient (Wildman–Crippen LogP) is 3.19. The predicted molar refractivity (Wildman–Crippen MR) is 86.7 cm³/mol. The second-order valence-electron chi connectivity index (χ2n) is 5.78. The van der Waals surface area contributed by atoms with Crippen molar-refractivity contribution in [2.24, 2.45) is 0 Å². The largest absolute Gasteiger partial charge is 0.383 e. The van der Waals surface area contributed by atoms with Crippen LogP contribution in [0.25, 0.3) is 0 Å². The van der Waals surface area contributed by atoms with Gasteiger partial charge in [-0.2, -0.15) is 5.26 Å². The van der Waals surface area contributed by atoms with Crippen molar-refractivity contribution in [1.29, 1.82) is 5.26 Å². The van der Waals surface area contributed by atoms with Gasteiger partial charge >= 0.3 is 0 Å². The second-order valence-corrected chi connectivity index (χ2v) is 5.78. The van der Waals surface area contributed by atoms with Crippen LogP contribution in [0.1, 0.15) is 50.6 Å². The van der Waals surface area contributed by atoms with E-state index in [2.05, 4.69) is 10.6 Å². The summed E-state index contributed by atoms with van der Waals surface area (Å²) in [7, 11) is 0. The van der Waals surface area contributed by atoms with Crippen LogP contribution in [0, 0.1) is 11.3 Å². The average Bonchev–Trinajstić information content (AvgIpc) is 2.57. The molecule has 116 valence electrons. The molecule has 0 radical (unpaired) electrons. The molecule has 0 spiro atoms. The lowest BCUT2D eigenvalue weighted by Gasteiger charge is -2.22. The van der Waals surface area contributed by atoms with E-state index < -0.39 is 0 Å². The normalized spacial score (nSPS) is 17.4. The van der Waals surface area contributed by atoms with Gasteiger partial charge in [0.1, 0.15) is 11.6 Å². The van der Waals surface area contributed by atoms with E-state index in [0.717, 1.165) is 31.2 Å². The highest BCUT2D eigenvalue weighted by molar-refractivity contribution is 5.97. The van der Waals surface area contributed by atoms with Gasteiger partial charge in [0.05, 0.1) is 0 Å². The van der Waals surface area contributed by atoms with E-state index >= 15 is 0 Å². The number of rotatable bonds is 5. The zero-order valence-corrected chi connectivity index (χ0v) is 13.0. The molecule has 1 unspecified atom stereocenters. The molecule has 1 aromatic carbocycles. The van der Waals surface area contributed by atoms with Gasteiger partial charge in [-0.1, -0.05) is 49.6 Å². The third-order valence-electron chi connectivity index (χ3n) is 4.08. The van der Waals surface area contributed by atoms with Crippen LogP contribution in [-0.2, 0) is 4.79 Å². The summed E-state index contributed by atoms with van der Waals surface area (Å²) in [4.78, 5) is 12.1. The van der Waals surface area contributed by atoms with Crippen molar-refractivity contribution >= 4 is 5.91 Å². The van der Waals surface area contributed by atoms with Gasteiger partial charge in [0.2, 0.25) is 0 Å². The number of nitrogens with one attached hydrogen (secondary N) is 2. The molecule has 0 aromatic heterocycles. The fourth-order valence-electron chi connectivity index (χ4n) is 2.70. The van der Waals surface area contributed by atoms with Gasteiger partial charge in [0, 0.05) is 18.3 Å². The zero-order valence-electron chi connectivity index (χ0n) is 13.0. The minimum Gasteiger partial charge on any atom is -0.383 e. The number of nitriles is 1. The Hall–Kier alpha value is -2.28. The summed E-state index contributed by atoms with van der Waals surface area (Å²) in [6.45, 7) is 2.00. The summed E-state index contributed by atoms with van der Waals surface area (Å²) in [5.74, 6) is -0.276. The number of nitrogens with zero attached hydrogens (tertiary/aromatic N) is 1. The lowest BCUT2D eigenvalue weighted by Crippen LogP contribution is -2.37. The molecule has 2 N–H and O–H groups in total. The fourth-order valence-corrected chi connectivity index (χ4v) is 2.70. The van der Waals surface area contributed by atoms with Gasteiger partial charge in [0.15, 0.2) is 0 Å². The average molecular weight is 297 g/mol. The number of carbonyl (C=O) groups excluding carboxylic acids is 1. The van der Waals surface area contributed by atoms with Crippen molar-refractivity contribution in [2.75, 3.05) is 0 Å². The highest BCUT2D eigenvalue weighted by Crippen LogP contribution is 2.17. The Labute approximate surface area is 132 Å². The van der Waals surface area contributed by atoms with E-state index in [-0.39, 0.29) is 23.6 Å². The van der Waals surface area contributed by atoms with Crippen molar-refractivity contribution in [1.82, 2.24) is 10.6 Å². The summed E-state index contributed by atoms with van der Waals surface area (Å²) < 4.78 is 0. The number of carbonyl (C=O) groups is 1. The molecule has 0 bridgehead atoms. The molecule has 0 aliphatic heterocycles. The van der Waals surface area contributed by atoms with Crippen LogP contribution in [0.2, 0.25) is 0 Å². The standard InChI is InChI=1S/C18H23N3O/c1-14(15-8-4-2-5-9-15)20-13-16(12-19)18(22)21-17-10-6-3-7-11-17/h2,4-5,8-9,13-14,17,20H,3,6-7,10-11H2,1H3,(H,21,22)/b16-13-. The molecule has 1 atom stereocenters. The summed E-state index contributed by atoms with van der Waals surface area (Å²) in [5, 5.41) is 15.3. The Morgan fingerprint density at radius 2 is 1.95 bits per heavy atom. The number of benzene rings is 1. The van der Waals surface area contributed by atoms with E-state index in [9.17, 15) is 10.1 Å². The first-order chi connectivity index (χ1) is 10.7. The van der Waals surface area contributed by atoms with Crippen molar-refractivity contribution in [3.8, 4) is 6.07 Å². The molecule has 22 heavy (non-hydrogen) atoms. The van der Waals surface area contributed by atoms with Crippen LogP contribution in [0.15, 0.2) is 42.1 Å². The number of hydrogen-bond donors (Lipinski definition) is 2. The molecule has 1 aromatic rings. The molecule has 4 nitrogen and oxygen atoms in total. The molecule has 1 saturated carbocycles. The molecule has 4 heteroatoms. The Morgan fingerprint density at radius 3 is 2.59 bits per heavy atom. The third-order valence-corrected chi connectivity index (χ3v) is 4.08. The summed E-state index contributed by atoms with van der Waals surface area (Å²) in [6, 6.07) is 12.2. The van der Waals surface area contributed by atoms with Crippen LogP contribution in [0.5, 0.6) is 0 Å². The van der Waals surface area contributed by atoms with Crippen molar-refractivity contribution in [2.45, 2.75) is 51.1 Å². The first kappa shape index (κ1) is 16.1. The Morgan fingerprint density at radius 1 is 1.27 bits per heavy atom. The maximum absolute atomic E-state index is 12.1. The lowest BCUT2D eigenvalue weighted by molar-refractivity contribution is -0.118. The fraction of sp³-hybridized carbons (Fsp3) is 0.444. The van der Waals surface area contributed by atoms with E-state index in [1.165, 1.54) is 12.6 Å². The smallest absolute Gasteiger partial charge is 0.263 e. The van der Waals surface area contributed by atoms with Gasteiger partial charge in [-0.25, -0.2) is 0 Å². The minimum absolute atomic E-state index is 0.0482. The molecular formula is C18H23N3O. The topological polar surface area (TPSA) is 64.9 Å². The molecule has 1 amide bonds. The molecule has 1 aliphatic rings. The molecule has 0 heterocycles. The monoisotopic (exact) mass is 297 g/mol. The SMILES string of the molecule is CC(N/C=C(/C#N)C(=O)NC1CCCCC1)c1ccccc1. The number of amides is 1. The van der Waals surface area contributed by atoms with Crippen LogP contribution in [0.4, 0.5) is 0 Å². The number of hydrogen-bond acceptors (Lipinski definition) is 3. The molecule has 0 saturated heterocycles. The molecular weight excluding hydrogens is 274 g/mol. The minimum atomic E-state index is -0.276. The van der Waals surface area contributed by atoms with E-state index in [0.29, 0.717) is 0 Å². The maximum atomic E-state index is 12.1. The molecule has 1 fully saturated rings. The van der Waals surface area contributed by atoms with Gasteiger partial charge < -0.3 is 10.6 Å². The van der Waals surface area contributed by atoms with Crippen molar-refractivity contribution in [3.05, 3.63) is 47.7 Å². The third kappa shape index (κ3) is 4.63. The highest BCUT2D eigenvalue weighted by Gasteiger charge is 2.18. The lowest BCUT2D eigenvalue weighted by atomic mass is 9.95. The zero-order chi connectivity index (χ0) is 15.8. The van der Waals surface area contributed by atoms with E-state index in [1.54, 1.807) is 0 Å². The summed E-state index contributed by atoms with van der Waals surface area (Å²) in [5.41, 5.74) is 1.25. The Bertz CT molecular complexity index is 553. The van der Waals surface area contributed by atoms with Crippen LogP contribution >= 0.6 is 0 Å². The van der Waals surface area contributed by atoms with Crippen molar-refractivity contribution in [3.63, 3.8) is 0 Å². The van der Waals surface area contributed by atoms with E-state index in [4.69, 9.17) is 0 Å². The highest BCUT2D eigenvalue weighted by atomic mass is 16.1. The quantitative estimate of drug-likeness (QED) is 0.648. The van der Waals surface area contributed by atoms with Crippen molar-refractivity contribution < 1.29 is 4.79 Å². The van der Waals surface area contributed by atoms with Crippen LogP contribution in [0.3, 0.4) is 0 Å². The van der Waals surface area contributed by atoms with Crippen LogP contribution in [-0.4, -0.2) is 11.9 Å². The van der Waals surface area contributed by atoms with Crippen LogP contribution < -0.4 is 10.6 Å². The van der Waals surface area contributed by atoms with Gasteiger partial charge in [0.25, 0.3) is 5.91 Å². The summed E-state index contributed by atoms with van der Waals surface area (Å²) in [6.07, 6.45) is 7.09. The maximum Gasteiger partial charge on any atom is 0.263 e. The van der Waals surface area contributed by atoms with E-state index in [1.807, 2.05) is 43.3 Å². The van der Waals surface area contributed by atoms with Gasteiger partial charge in [-0.05, 0) is 25.3 Å². The summed E-state index contributed by atoms with van der Waals surface area (Å²) >= 11 is 0. The van der Waals surface area contributed by atoms with Gasteiger partial charge in [-0.15, -0.1) is 0 Å². The first-order valence-electron chi connectivity index (χ1n) is 7.93. The van der Waals surface area contributed by atoms with Gasteiger partial charge in [-0.3, -0.25) is 4.79 Å². The molecule has 1 aliphatic carbocycles.